The topological polar surface area (TPSA) is 70.2 Å². The van der Waals surface area contributed by atoms with Gasteiger partial charge in [0.25, 0.3) is 10.2 Å². The van der Waals surface area contributed by atoms with Gasteiger partial charge in [-0.3, -0.25) is 4.79 Å². The van der Waals surface area contributed by atoms with E-state index in [9.17, 15) is 13.2 Å². The lowest BCUT2D eigenvalue weighted by Crippen LogP contribution is -2.51. The van der Waals surface area contributed by atoms with Crippen molar-refractivity contribution in [2.45, 2.75) is 31.5 Å². The lowest BCUT2D eigenvalue weighted by molar-refractivity contribution is -0.136. The van der Waals surface area contributed by atoms with Crippen LogP contribution >= 0.6 is 0 Å². The van der Waals surface area contributed by atoms with E-state index in [1.807, 2.05) is 4.90 Å². The number of hydrogen-bond donors (Lipinski definition) is 0. The monoisotopic (exact) mass is 317 g/mol. The lowest BCUT2D eigenvalue weighted by atomic mass is 9.99. The Labute approximate surface area is 126 Å². The summed E-state index contributed by atoms with van der Waals surface area (Å²) in [6.45, 7) is 2.28. The molecule has 3 saturated heterocycles. The zero-order valence-corrected chi connectivity index (χ0v) is 13.4. The fourth-order valence-electron chi connectivity index (χ4n) is 3.47. The van der Waals surface area contributed by atoms with Crippen molar-refractivity contribution < 1.29 is 17.9 Å². The number of fused-ring (bicyclic) bond motifs is 2. The molecule has 3 heterocycles. The van der Waals surface area contributed by atoms with Crippen molar-refractivity contribution in [3.63, 3.8) is 0 Å². The van der Waals surface area contributed by atoms with Gasteiger partial charge in [0.05, 0.1) is 18.1 Å². The molecule has 3 rings (SSSR count). The van der Waals surface area contributed by atoms with Crippen molar-refractivity contribution in [1.29, 1.82) is 0 Å². The van der Waals surface area contributed by atoms with E-state index in [4.69, 9.17) is 4.74 Å². The van der Waals surface area contributed by atoms with Gasteiger partial charge in [-0.15, -0.1) is 0 Å². The van der Waals surface area contributed by atoms with Gasteiger partial charge in [-0.1, -0.05) is 0 Å². The normalized spacial score (nSPS) is 33.9. The maximum Gasteiger partial charge on any atom is 0.281 e. The molecule has 0 unspecified atom stereocenters. The van der Waals surface area contributed by atoms with E-state index in [1.54, 1.807) is 0 Å². The molecule has 0 aliphatic carbocycles. The summed E-state index contributed by atoms with van der Waals surface area (Å²) in [5.41, 5.74) is 0. The number of ether oxygens (including phenoxy) is 1. The third-order valence-corrected chi connectivity index (χ3v) is 6.52. The Balaban J connectivity index is 1.72. The second-order valence-corrected chi connectivity index (χ2v) is 8.42. The minimum absolute atomic E-state index is 0.143. The molecule has 8 heteroatoms. The highest BCUT2D eigenvalue weighted by Gasteiger charge is 2.48. The minimum Gasteiger partial charge on any atom is -0.371 e. The average molecular weight is 317 g/mol. The van der Waals surface area contributed by atoms with Crippen molar-refractivity contribution in [3.05, 3.63) is 0 Å². The van der Waals surface area contributed by atoms with Crippen molar-refractivity contribution in [2.24, 2.45) is 5.92 Å². The highest BCUT2D eigenvalue weighted by Crippen LogP contribution is 2.35. The molecule has 1 amide bonds. The van der Waals surface area contributed by atoms with Crippen LogP contribution in [-0.4, -0.2) is 80.3 Å². The number of amides is 1. The predicted molar refractivity (Wildman–Crippen MR) is 76.8 cm³/mol. The zero-order chi connectivity index (χ0) is 15.2. The first-order valence-electron chi connectivity index (χ1n) is 7.51. The molecule has 2 bridgehead atoms. The first-order chi connectivity index (χ1) is 9.89. The maximum atomic E-state index is 12.5. The Kier molecular flexibility index (Phi) is 3.98. The standard InChI is InChI=1S/C13H23N3O4S/c1-14(2)21(18,19)16-8-10-7-11(12(9-16)20-10)13(17)15-5-3-4-6-15/h10-12H,3-9H2,1-2H3/t10-,11+,12-/m1/s1. The van der Waals surface area contributed by atoms with Crippen LogP contribution < -0.4 is 0 Å². The van der Waals surface area contributed by atoms with Gasteiger partial charge in [0.2, 0.25) is 5.91 Å². The minimum atomic E-state index is -3.43. The Morgan fingerprint density at radius 2 is 1.86 bits per heavy atom. The Morgan fingerprint density at radius 1 is 1.19 bits per heavy atom. The molecule has 3 aliphatic heterocycles. The molecule has 0 aromatic carbocycles. The van der Waals surface area contributed by atoms with E-state index in [0.29, 0.717) is 13.0 Å². The Bertz CT molecular complexity index is 516. The maximum absolute atomic E-state index is 12.5. The van der Waals surface area contributed by atoms with Gasteiger partial charge in [-0.05, 0) is 19.3 Å². The third kappa shape index (κ3) is 2.69. The molecule has 7 nitrogen and oxygen atoms in total. The molecule has 21 heavy (non-hydrogen) atoms. The molecular weight excluding hydrogens is 294 g/mol. The van der Waals surface area contributed by atoms with E-state index in [0.717, 1.165) is 25.9 Å². The molecule has 0 aromatic heterocycles. The van der Waals surface area contributed by atoms with Gasteiger partial charge in [0, 0.05) is 40.3 Å². The number of carbonyl (C=O) groups is 1. The van der Waals surface area contributed by atoms with Crippen molar-refractivity contribution in [3.8, 4) is 0 Å². The van der Waals surface area contributed by atoms with E-state index in [2.05, 4.69) is 0 Å². The predicted octanol–water partition coefficient (Wildman–Crippen LogP) is -0.495. The van der Waals surface area contributed by atoms with Crippen LogP contribution in [0.1, 0.15) is 19.3 Å². The first-order valence-corrected chi connectivity index (χ1v) is 8.91. The first kappa shape index (κ1) is 15.2. The number of morpholine rings is 1. The summed E-state index contributed by atoms with van der Waals surface area (Å²) in [6, 6.07) is 0. The molecule has 120 valence electrons. The lowest BCUT2D eigenvalue weighted by Gasteiger charge is -2.33. The summed E-state index contributed by atoms with van der Waals surface area (Å²) in [5.74, 6) is -0.0421. The third-order valence-electron chi connectivity index (χ3n) is 4.65. The zero-order valence-electron chi connectivity index (χ0n) is 12.6. The average Bonchev–Trinajstić information content (AvgIpc) is 3.06. The molecule has 3 fully saturated rings. The number of nitrogens with zero attached hydrogens (tertiary/aromatic N) is 3. The van der Waals surface area contributed by atoms with Crippen molar-refractivity contribution in [1.82, 2.24) is 13.5 Å². The molecule has 0 radical (unpaired) electrons. The van der Waals surface area contributed by atoms with Crippen molar-refractivity contribution >= 4 is 16.1 Å². The number of likely N-dealkylation sites (tertiary alicyclic amines) is 1. The van der Waals surface area contributed by atoms with Crippen LogP contribution in [0.4, 0.5) is 0 Å². The van der Waals surface area contributed by atoms with Crippen molar-refractivity contribution in [2.75, 3.05) is 40.3 Å². The van der Waals surface area contributed by atoms with Crippen LogP contribution in [0.3, 0.4) is 0 Å². The fourth-order valence-corrected chi connectivity index (χ4v) is 4.63. The highest BCUT2D eigenvalue weighted by molar-refractivity contribution is 7.86. The second-order valence-electron chi connectivity index (χ2n) is 6.28. The Morgan fingerprint density at radius 3 is 2.48 bits per heavy atom. The van der Waals surface area contributed by atoms with Gasteiger partial charge < -0.3 is 9.64 Å². The molecule has 3 aliphatic rings. The molecule has 0 saturated carbocycles. The highest BCUT2D eigenvalue weighted by atomic mass is 32.2. The SMILES string of the molecule is CN(C)S(=O)(=O)N1C[C@H]2C[C@H](C(=O)N3CCCC3)[C@@H](C1)O2. The molecular formula is C13H23N3O4S. The largest absolute Gasteiger partial charge is 0.371 e. The van der Waals surface area contributed by atoms with Gasteiger partial charge in [-0.2, -0.15) is 17.0 Å². The van der Waals surface area contributed by atoms with Gasteiger partial charge in [0.15, 0.2) is 0 Å². The number of hydrogen-bond acceptors (Lipinski definition) is 4. The van der Waals surface area contributed by atoms with E-state index in [-0.39, 0.29) is 30.6 Å². The summed E-state index contributed by atoms with van der Waals surface area (Å²) in [7, 11) is -0.377. The van der Waals surface area contributed by atoms with Gasteiger partial charge >= 0.3 is 0 Å². The summed E-state index contributed by atoms with van der Waals surface area (Å²) < 4.78 is 33.0. The van der Waals surface area contributed by atoms with Crippen LogP contribution in [0.25, 0.3) is 0 Å². The number of carbonyl (C=O) groups excluding carboxylic acids is 1. The Hall–Kier alpha value is -0.700. The van der Waals surface area contributed by atoms with E-state index >= 15 is 0 Å². The van der Waals surface area contributed by atoms with Crippen LogP contribution in [-0.2, 0) is 19.7 Å². The summed E-state index contributed by atoms with van der Waals surface area (Å²) in [6.07, 6.45) is 2.31. The summed E-state index contributed by atoms with van der Waals surface area (Å²) in [5, 5.41) is 0. The molecule has 0 aromatic rings. The molecule has 0 N–H and O–H groups in total. The van der Waals surface area contributed by atoms with Crippen LogP contribution in [0, 0.1) is 5.92 Å². The fraction of sp³-hybridized carbons (Fsp3) is 0.923. The molecule has 0 spiro atoms. The van der Waals surface area contributed by atoms with Gasteiger partial charge in [0.1, 0.15) is 0 Å². The summed E-state index contributed by atoms with van der Waals surface area (Å²) in [4.78, 5) is 14.5. The van der Waals surface area contributed by atoms with Crippen LogP contribution in [0.15, 0.2) is 0 Å². The van der Waals surface area contributed by atoms with Crippen LogP contribution in [0.2, 0.25) is 0 Å². The van der Waals surface area contributed by atoms with Gasteiger partial charge in [-0.25, -0.2) is 0 Å². The van der Waals surface area contributed by atoms with Crippen LogP contribution in [0.5, 0.6) is 0 Å². The summed E-state index contributed by atoms with van der Waals surface area (Å²) >= 11 is 0. The smallest absolute Gasteiger partial charge is 0.281 e. The molecule has 3 atom stereocenters. The van der Waals surface area contributed by atoms with E-state index in [1.165, 1.54) is 22.7 Å². The van der Waals surface area contributed by atoms with E-state index < -0.39 is 10.2 Å². The second kappa shape index (κ2) is 5.49. The quantitative estimate of drug-likeness (QED) is 0.704. The number of rotatable bonds is 3.